The van der Waals surface area contributed by atoms with E-state index in [0.29, 0.717) is 11.4 Å². The van der Waals surface area contributed by atoms with Gasteiger partial charge >= 0.3 is 13.7 Å². The summed E-state index contributed by atoms with van der Waals surface area (Å²) in [6.45, 7) is 7.28. The highest BCUT2D eigenvalue weighted by molar-refractivity contribution is 7.81. The largest absolute Gasteiger partial charge is 0.477 e. The van der Waals surface area contributed by atoms with Crippen LogP contribution in [0.25, 0.3) is 0 Å². The number of anilines is 1. The molecule has 0 radical (unpaired) electrons. The maximum absolute atomic E-state index is 13.4. The van der Waals surface area contributed by atoms with Gasteiger partial charge in [0.05, 0.1) is 17.2 Å². The molecule has 2 atom stereocenters. The lowest BCUT2D eigenvalue weighted by Crippen LogP contribution is -2.39. The lowest BCUT2D eigenvalue weighted by atomic mass is 10.2. The van der Waals surface area contributed by atoms with Crippen LogP contribution in [0.15, 0.2) is 12.1 Å². The van der Waals surface area contributed by atoms with Crippen molar-refractivity contribution in [2.75, 3.05) is 11.9 Å². The number of hydrogen-bond acceptors (Lipinski definition) is 7. The number of rotatable bonds is 8. The monoisotopic (exact) mass is 436 g/mol. The molecule has 0 saturated carbocycles. The van der Waals surface area contributed by atoms with Crippen LogP contribution in [0.5, 0.6) is 0 Å². The molecule has 11 heteroatoms. The minimum absolute atomic E-state index is 0.123. The third-order valence-electron chi connectivity index (χ3n) is 3.62. The van der Waals surface area contributed by atoms with Gasteiger partial charge < -0.3 is 10.4 Å². The molecule has 0 aromatic carbocycles. The summed E-state index contributed by atoms with van der Waals surface area (Å²) in [4.78, 5) is 23.9. The van der Waals surface area contributed by atoms with Gasteiger partial charge in [-0.1, -0.05) is 0 Å². The van der Waals surface area contributed by atoms with Crippen LogP contribution in [0.1, 0.15) is 43.8 Å². The maximum atomic E-state index is 13.4. The fourth-order valence-electron chi connectivity index (χ4n) is 2.71. The van der Waals surface area contributed by atoms with E-state index in [4.69, 9.17) is 14.2 Å². The first-order chi connectivity index (χ1) is 12.5. The van der Waals surface area contributed by atoms with Gasteiger partial charge in [0, 0.05) is 11.8 Å². The van der Waals surface area contributed by atoms with Gasteiger partial charge in [-0.2, -0.15) is 17.3 Å². The Kier molecular flexibility index (Phi) is 7.52. The molecule has 1 aromatic heterocycles. The first-order valence-corrected chi connectivity index (χ1v) is 11.4. The summed E-state index contributed by atoms with van der Waals surface area (Å²) in [5.41, 5.74) is 0. The average Bonchev–Trinajstić information content (AvgIpc) is 3.12. The van der Waals surface area contributed by atoms with E-state index in [0.717, 1.165) is 11.3 Å². The van der Waals surface area contributed by atoms with Crippen molar-refractivity contribution >= 4 is 48.6 Å². The number of aromatic carboxylic acids is 1. The number of hydrogen-bond donors (Lipinski definition) is 3. The Morgan fingerprint density at radius 1 is 1.30 bits per heavy atom. The molecule has 1 amide bonds. The van der Waals surface area contributed by atoms with Crippen LogP contribution in [0.2, 0.25) is 0 Å². The summed E-state index contributed by atoms with van der Waals surface area (Å²) >= 11 is 5.41. The maximum Gasteiger partial charge on any atom is 0.409 e. The molecular formula is C16H25N2O6PS2. The molecule has 2 heterocycles. The van der Waals surface area contributed by atoms with Crippen LogP contribution in [0.4, 0.5) is 5.00 Å². The van der Waals surface area contributed by atoms with E-state index < -0.39 is 25.7 Å². The minimum atomic E-state index is -3.71. The van der Waals surface area contributed by atoms with Gasteiger partial charge in [-0.25, -0.2) is 9.36 Å². The Hall–Kier alpha value is -0.900. The standard InChI is InChI=1S/C16H25N2O6PS2/c1-9(2)23-25(22,24-10(3)4)18-8-11(26)7-12(18)15(19)17-14-6-5-13(27-14)16(20)21/h5-6,9-12,26H,7-8H2,1-4H3,(H,17,19)(H,20,21)/t11-,12-/m0/s1. The van der Waals surface area contributed by atoms with Crippen molar-refractivity contribution in [3.05, 3.63) is 17.0 Å². The van der Waals surface area contributed by atoms with Gasteiger partial charge in [0.2, 0.25) is 5.91 Å². The van der Waals surface area contributed by atoms with Crippen LogP contribution < -0.4 is 5.32 Å². The molecule has 27 heavy (non-hydrogen) atoms. The summed E-state index contributed by atoms with van der Waals surface area (Å²) in [5, 5.41) is 11.9. The second-order valence-corrected chi connectivity index (χ2v) is 10.4. The highest BCUT2D eigenvalue weighted by atomic mass is 32.1. The van der Waals surface area contributed by atoms with Crippen LogP contribution >= 0.6 is 31.7 Å². The molecule has 2 rings (SSSR count). The molecule has 0 spiro atoms. The van der Waals surface area contributed by atoms with Crippen LogP contribution in [0, 0.1) is 0 Å². The van der Waals surface area contributed by atoms with Crippen molar-refractivity contribution in [2.45, 2.75) is 57.6 Å². The Bertz CT molecular complexity index is 724. The van der Waals surface area contributed by atoms with E-state index in [2.05, 4.69) is 17.9 Å². The van der Waals surface area contributed by atoms with Crippen molar-refractivity contribution in [1.82, 2.24) is 4.67 Å². The van der Waals surface area contributed by atoms with E-state index in [1.165, 1.54) is 16.8 Å². The second-order valence-electron chi connectivity index (χ2n) is 6.76. The Labute approximate surface area is 168 Å². The smallest absolute Gasteiger partial charge is 0.409 e. The number of amides is 1. The topological polar surface area (TPSA) is 105 Å². The molecular weight excluding hydrogens is 411 g/mol. The van der Waals surface area contributed by atoms with Gasteiger partial charge in [-0.15, -0.1) is 11.3 Å². The van der Waals surface area contributed by atoms with Gasteiger partial charge in [0.1, 0.15) is 10.9 Å². The minimum Gasteiger partial charge on any atom is -0.477 e. The molecule has 8 nitrogen and oxygen atoms in total. The molecule has 1 aliphatic heterocycles. The zero-order valence-corrected chi connectivity index (χ0v) is 18.2. The van der Waals surface area contributed by atoms with E-state index >= 15 is 0 Å². The van der Waals surface area contributed by atoms with Gasteiger partial charge in [0.15, 0.2) is 0 Å². The lowest BCUT2D eigenvalue weighted by Gasteiger charge is -2.32. The van der Waals surface area contributed by atoms with Gasteiger partial charge in [0.25, 0.3) is 0 Å². The Morgan fingerprint density at radius 2 is 1.89 bits per heavy atom. The quantitative estimate of drug-likeness (QED) is 0.421. The molecule has 0 unspecified atom stereocenters. The molecule has 1 aromatic rings. The molecule has 1 aliphatic rings. The van der Waals surface area contributed by atoms with Crippen LogP contribution in [0.3, 0.4) is 0 Å². The van der Waals surface area contributed by atoms with E-state index in [1.807, 2.05) is 0 Å². The normalized spacial score (nSPS) is 21.1. The Balaban J connectivity index is 2.22. The fourth-order valence-corrected chi connectivity index (χ4v) is 6.26. The van der Waals surface area contributed by atoms with E-state index in [1.54, 1.807) is 27.7 Å². The summed E-state index contributed by atoms with van der Waals surface area (Å²) in [5.74, 6) is -1.45. The summed E-state index contributed by atoms with van der Waals surface area (Å²) in [6.07, 6.45) is -0.334. The first-order valence-electron chi connectivity index (χ1n) is 8.58. The van der Waals surface area contributed by atoms with Gasteiger partial charge in [-0.3, -0.25) is 13.8 Å². The van der Waals surface area contributed by atoms with E-state index in [-0.39, 0.29) is 28.9 Å². The highest BCUT2D eigenvalue weighted by Gasteiger charge is 2.48. The zero-order valence-electron chi connectivity index (χ0n) is 15.6. The predicted octanol–water partition coefficient (Wildman–Crippen LogP) is 3.72. The number of carboxylic acids is 1. The number of thiophene rings is 1. The number of thiol groups is 1. The second kappa shape index (κ2) is 9.07. The Morgan fingerprint density at radius 3 is 2.37 bits per heavy atom. The number of nitrogens with one attached hydrogen (secondary N) is 1. The average molecular weight is 436 g/mol. The summed E-state index contributed by atoms with van der Waals surface area (Å²) in [6, 6.07) is 2.19. The van der Waals surface area contributed by atoms with Crippen molar-refractivity contribution in [3.63, 3.8) is 0 Å². The SMILES string of the molecule is CC(C)OP(=O)(OC(C)C)N1C[C@@H](S)C[C@H]1C(=O)Nc1ccc(C(=O)O)s1. The first kappa shape index (κ1) is 22.4. The molecule has 1 saturated heterocycles. The fraction of sp³-hybridized carbons (Fsp3) is 0.625. The third kappa shape index (κ3) is 5.79. The van der Waals surface area contributed by atoms with Crippen LogP contribution in [-0.2, 0) is 18.4 Å². The van der Waals surface area contributed by atoms with E-state index in [9.17, 15) is 14.2 Å². The van der Waals surface area contributed by atoms with Crippen molar-refractivity contribution in [1.29, 1.82) is 0 Å². The third-order valence-corrected chi connectivity index (χ3v) is 7.43. The van der Waals surface area contributed by atoms with Crippen molar-refractivity contribution in [3.8, 4) is 0 Å². The zero-order chi connectivity index (χ0) is 20.4. The number of carbonyl (C=O) groups is 2. The highest BCUT2D eigenvalue weighted by Crippen LogP contribution is 2.57. The molecule has 152 valence electrons. The predicted molar refractivity (Wildman–Crippen MR) is 108 cm³/mol. The van der Waals surface area contributed by atoms with Crippen LogP contribution in [-0.4, -0.2) is 51.7 Å². The molecule has 0 aliphatic carbocycles. The lowest BCUT2D eigenvalue weighted by molar-refractivity contribution is -0.119. The van der Waals surface area contributed by atoms with Crippen molar-refractivity contribution < 1.29 is 28.3 Å². The molecule has 1 fully saturated rings. The number of nitrogens with zero attached hydrogens (tertiary/aromatic N) is 1. The van der Waals surface area contributed by atoms with Gasteiger partial charge in [-0.05, 0) is 46.2 Å². The summed E-state index contributed by atoms with van der Waals surface area (Å²) in [7, 11) is -3.71. The number of carbonyl (C=O) groups excluding carboxylic acids is 1. The molecule has 2 N–H and O–H groups in total. The van der Waals surface area contributed by atoms with Crippen molar-refractivity contribution in [2.24, 2.45) is 0 Å². The number of carboxylic acid groups (broad SMARTS) is 1. The molecule has 0 bridgehead atoms. The summed E-state index contributed by atoms with van der Waals surface area (Å²) < 4.78 is 26.1.